The molecule has 9 atom stereocenters. The average Bonchev–Trinajstić information content (AvgIpc) is 3.16. The molecule has 328 valence electrons. The third-order valence-electron chi connectivity index (χ3n) is 11.2. The van der Waals surface area contributed by atoms with Gasteiger partial charge in [0.15, 0.2) is 0 Å². The van der Waals surface area contributed by atoms with Crippen molar-refractivity contribution in [3.05, 3.63) is 0 Å². The fraction of sp³-hybridized carbons (Fsp3) is 0.976. The number of unbranched alkanes of at least 4 members (excludes halogenated alkanes) is 26. The predicted octanol–water partition coefficient (Wildman–Crippen LogP) is 7.90. The number of phosphoric ester groups is 1. The van der Waals surface area contributed by atoms with E-state index in [-0.39, 0.29) is 12.3 Å². The summed E-state index contributed by atoms with van der Waals surface area (Å²) in [7, 11) is -5.05. The Morgan fingerprint density at radius 1 is 0.545 bits per heavy atom. The summed E-state index contributed by atoms with van der Waals surface area (Å²) in [5.74, 6) is -0.306. The fourth-order valence-corrected chi connectivity index (χ4v) is 8.40. The van der Waals surface area contributed by atoms with Crippen LogP contribution >= 0.6 is 7.82 Å². The number of aliphatic hydroxyl groups excluding tert-OH is 6. The smallest absolute Gasteiger partial charge is 0.391 e. The SMILES string of the molecule is CCCCCCCCCCCCCCCCC[C@@H](O)[C@H](COP(=O)(O)OC1C(O)C(O)C(O)[C@@H](O)C1O)NC(=O)CCCCCCCCCCCCCCC. The highest BCUT2D eigenvalue weighted by Gasteiger charge is 2.51. The first-order chi connectivity index (χ1) is 26.4. The molecule has 8 N–H and O–H groups in total. The van der Waals surface area contributed by atoms with E-state index in [0.717, 1.165) is 38.5 Å². The Morgan fingerprint density at radius 2 is 0.873 bits per heavy atom. The number of phosphoric acid groups is 1. The van der Waals surface area contributed by atoms with Gasteiger partial charge in [-0.1, -0.05) is 187 Å². The molecule has 55 heavy (non-hydrogen) atoms. The van der Waals surface area contributed by atoms with E-state index in [1.807, 2.05) is 0 Å². The normalized spacial score (nSPS) is 23.7. The van der Waals surface area contributed by atoms with Crippen molar-refractivity contribution in [3.63, 3.8) is 0 Å². The van der Waals surface area contributed by atoms with Gasteiger partial charge in [-0.15, -0.1) is 0 Å². The number of amides is 1. The van der Waals surface area contributed by atoms with E-state index in [9.17, 15) is 44.9 Å². The van der Waals surface area contributed by atoms with Crippen molar-refractivity contribution >= 4 is 13.7 Å². The zero-order valence-electron chi connectivity index (χ0n) is 34.7. The van der Waals surface area contributed by atoms with E-state index >= 15 is 0 Å². The van der Waals surface area contributed by atoms with E-state index in [0.29, 0.717) is 19.3 Å². The monoisotopic (exact) mass is 810 g/mol. The highest BCUT2D eigenvalue weighted by molar-refractivity contribution is 7.47. The Morgan fingerprint density at radius 3 is 1.25 bits per heavy atom. The number of nitrogens with one attached hydrogen (secondary N) is 1. The number of hydrogen-bond acceptors (Lipinski definition) is 10. The third kappa shape index (κ3) is 25.4. The van der Waals surface area contributed by atoms with Gasteiger partial charge in [-0.05, 0) is 12.8 Å². The van der Waals surface area contributed by atoms with Crippen molar-refractivity contribution < 1.29 is 53.9 Å². The molecule has 0 spiro atoms. The highest BCUT2D eigenvalue weighted by atomic mass is 31.2. The van der Waals surface area contributed by atoms with Gasteiger partial charge in [-0.2, -0.15) is 0 Å². The Bertz CT molecular complexity index is 946. The molecule has 12 nitrogen and oxygen atoms in total. The summed E-state index contributed by atoms with van der Waals surface area (Å²) in [6, 6.07) is -1.02. The van der Waals surface area contributed by atoms with Crippen molar-refractivity contribution in [1.29, 1.82) is 0 Å². The summed E-state index contributed by atoms with van der Waals surface area (Å²) in [5.41, 5.74) is 0. The summed E-state index contributed by atoms with van der Waals surface area (Å²) in [4.78, 5) is 23.3. The number of carbonyl (C=O) groups is 1. The zero-order chi connectivity index (χ0) is 40.7. The lowest BCUT2D eigenvalue weighted by Crippen LogP contribution is -2.64. The Balaban J connectivity index is 2.49. The summed E-state index contributed by atoms with van der Waals surface area (Å²) < 4.78 is 22.9. The van der Waals surface area contributed by atoms with Gasteiger partial charge in [-0.3, -0.25) is 13.8 Å². The number of rotatable bonds is 37. The molecular formula is C42H84NO11P. The quantitative estimate of drug-likeness (QED) is 0.0224. The maximum absolute atomic E-state index is 12.9. The van der Waals surface area contributed by atoms with E-state index in [1.54, 1.807) is 0 Å². The number of aliphatic hydroxyl groups is 6. The number of hydrogen-bond donors (Lipinski definition) is 8. The second kappa shape index (κ2) is 33.2. The molecule has 0 aromatic rings. The Labute approximate surface area is 334 Å². The first-order valence-corrected chi connectivity index (χ1v) is 24.0. The van der Waals surface area contributed by atoms with Crippen LogP contribution in [0.3, 0.4) is 0 Å². The molecule has 13 heteroatoms. The van der Waals surface area contributed by atoms with Crippen LogP contribution in [-0.4, -0.2) is 96.8 Å². The lowest BCUT2D eigenvalue weighted by Gasteiger charge is -2.41. The molecule has 1 aliphatic carbocycles. The first-order valence-electron chi connectivity index (χ1n) is 22.5. The van der Waals surface area contributed by atoms with E-state index in [2.05, 4.69) is 19.2 Å². The standard InChI is InChI=1S/C42H84NO11P/c1-3-5-7-9-11-13-15-17-18-20-21-23-25-27-29-31-35(44)34(33-53-55(51,52)54-42-40(49)38(47)37(46)39(48)41(42)50)43-36(45)32-30-28-26-24-22-19-16-14-12-10-8-6-4-2/h34-35,37-42,44,46-50H,3-33H2,1-2H3,(H,43,45)(H,51,52)/t34-,35+,37?,38+,39?,40?,41?,42?/m0/s1. The van der Waals surface area contributed by atoms with Crippen molar-refractivity contribution in [3.8, 4) is 0 Å². The molecule has 1 rings (SSSR count). The van der Waals surface area contributed by atoms with Crippen LogP contribution in [0.1, 0.15) is 206 Å². The van der Waals surface area contributed by atoms with Gasteiger partial charge in [-0.25, -0.2) is 4.57 Å². The van der Waals surface area contributed by atoms with Crippen LogP contribution in [0.2, 0.25) is 0 Å². The van der Waals surface area contributed by atoms with Crippen LogP contribution in [0.15, 0.2) is 0 Å². The van der Waals surface area contributed by atoms with Gasteiger partial charge in [0.2, 0.25) is 5.91 Å². The van der Waals surface area contributed by atoms with Crippen molar-refractivity contribution in [2.24, 2.45) is 0 Å². The third-order valence-corrected chi connectivity index (χ3v) is 12.2. The van der Waals surface area contributed by atoms with E-state index in [1.165, 1.54) is 128 Å². The molecule has 1 saturated carbocycles. The molecule has 0 aromatic carbocycles. The molecule has 1 fully saturated rings. The van der Waals surface area contributed by atoms with Gasteiger partial charge < -0.3 is 40.8 Å². The molecule has 1 amide bonds. The van der Waals surface area contributed by atoms with Gasteiger partial charge in [0.1, 0.15) is 36.6 Å². The van der Waals surface area contributed by atoms with E-state index < -0.39 is 63.2 Å². The topological polar surface area (TPSA) is 206 Å². The second-order valence-electron chi connectivity index (χ2n) is 16.3. The largest absolute Gasteiger partial charge is 0.472 e. The number of carbonyl (C=O) groups excluding carboxylic acids is 1. The van der Waals surface area contributed by atoms with Crippen LogP contribution in [-0.2, 0) is 18.4 Å². The summed E-state index contributed by atoms with van der Waals surface area (Å²) in [6.07, 6.45) is 21.3. The van der Waals surface area contributed by atoms with Gasteiger partial charge in [0, 0.05) is 6.42 Å². The molecule has 0 saturated heterocycles. The lowest BCUT2D eigenvalue weighted by atomic mass is 9.85. The van der Waals surface area contributed by atoms with Crippen LogP contribution in [0.25, 0.3) is 0 Å². The zero-order valence-corrected chi connectivity index (χ0v) is 35.6. The minimum atomic E-state index is -5.05. The van der Waals surface area contributed by atoms with Crippen molar-refractivity contribution in [2.75, 3.05) is 6.61 Å². The molecule has 0 heterocycles. The van der Waals surface area contributed by atoms with Crippen LogP contribution in [0, 0.1) is 0 Å². The molecule has 0 aliphatic heterocycles. The van der Waals surface area contributed by atoms with Gasteiger partial charge >= 0.3 is 7.82 Å². The Hall–Kier alpha value is -0.660. The lowest BCUT2D eigenvalue weighted by molar-refractivity contribution is -0.220. The maximum atomic E-state index is 12.9. The van der Waals surface area contributed by atoms with Crippen molar-refractivity contribution in [2.45, 2.75) is 255 Å². The van der Waals surface area contributed by atoms with E-state index in [4.69, 9.17) is 9.05 Å². The molecule has 0 aromatic heterocycles. The molecule has 6 unspecified atom stereocenters. The molecule has 0 bridgehead atoms. The van der Waals surface area contributed by atoms with Crippen molar-refractivity contribution in [1.82, 2.24) is 5.32 Å². The van der Waals surface area contributed by atoms with Gasteiger partial charge in [0.25, 0.3) is 0 Å². The average molecular weight is 810 g/mol. The maximum Gasteiger partial charge on any atom is 0.472 e. The minimum Gasteiger partial charge on any atom is -0.391 e. The molecule has 0 radical (unpaired) electrons. The van der Waals surface area contributed by atoms with Crippen LogP contribution < -0.4 is 5.32 Å². The van der Waals surface area contributed by atoms with Crippen LogP contribution in [0.5, 0.6) is 0 Å². The molecule has 1 aliphatic rings. The summed E-state index contributed by atoms with van der Waals surface area (Å²) in [5, 5.41) is 64.0. The first kappa shape index (κ1) is 52.4. The minimum absolute atomic E-state index is 0.242. The highest BCUT2D eigenvalue weighted by Crippen LogP contribution is 2.47. The summed E-state index contributed by atoms with van der Waals surface area (Å²) >= 11 is 0. The van der Waals surface area contributed by atoms with Crippen LogP contribution in [0.4, 0.5) is 0 Å². The Kier molecular flexibility index (Phi) is 31.6. The predicted molar refractivity (Wildman–Crippen MR) is 218 cm³/mol. The second-order valence-corrected chi connectivity index (χ2v) is 17.7. The van der Waals surface area contributed by atoms with Gasteiger partial charge in [0.05, 0.1) is 18.8 Å². The summed E-state index contributed by atoms with van der Waals surface area (Å²) in [6.45, 7) is 3.88. The fourth-order valence-electron chi connectivity index (χ4n) is 7.44. The molecular weight excluding hydrogens is 725 g/mol.